The second kappa shape index (κ2) is 5.13. The first kappa shape index (κ1) is 12.0. The number of amides is 1. The van der Waals surface area contributed by atoms with Crippen molar-refractivity contribution in [2.24, 2.45) is 5.84 Å². The molecular weight excluding hydrogens is 212 g/mol. The van der Waals surface area contributed by atoms with Crippen molar-refractivity contribution in [3.05, 3.63) is 29.3 Å². The molecule has 86 valence electrons. The van der Waals surface area contributed by atoms with Gasteiger partial charge in [0.1, 0.15) is 5.75 Å². The van der Waals surface area contributed by atoms with Gasteiger partial charge in [0.2, 0.25) is 0 Å². The molecule has 0 radical (unpaired) electrons. The largest absolute Gasteiger partial charge is 0.496 e. The third-order valence-electron chi connectivity index (χ3n) is 2.00. The van der Waals surface area contributed by atoms with Crippen LogP contribution >= 0.6 is 0 Å². The van der Waals surface area contributed by atoms with Gasteiger partial charge >= 0.3 is 5.97 Å². The second-order valence-electron chi connectivity index (χ2n) is 2.88. The highest BCUT2D eigenvalue weighted by Gasteiger charge is 2.14. The number of esters is 1. The maximum absolute atomic E-state index is 11.3. The fraction of sp³-hybridized carbons (Fsp3) is 0.200. The van der Waals surface area contributed by atoms with Crippen molar-refractivity contribution in [2.75, 3.05) is 14.2 Å². The summed E-state index contributed by atoms with van der Waals surface area (Å²) in [6, 6.07) is 4.31. The third kappa shape index (κ3) is 2.29. The lowest BCUT2D eigenvalue weighted by Crippen LogP contribution is -2.30. The zero-order chi connectivity index (χ0) is 12.1. The Morgan fingerprint density at radius 2 is 2.00 bits per heavy atom. The number of rotatable bonds is 3. The van der Waals surface area contributed by atoms with Gasteiger partial charge in [0.05, 0.1) is 25.3 Å². The molecular formula is C10H12N2O4. The molecule has 16 heavy (non-hydrogen) atoms. The van der Waals surface area contributed by atoms with Gasteiger partial charge in [0, 0.05) is 0 Å². The number of methoxy groups -OCH3 is 2. The highest BCUT2D eigenvalue weighted by molar-refractivity contribution is 5.98. The molecule has 0 saturated carbocycles. The molecule has 0 atom stereocenters. The van der Waals surface area contributed by atoms with E-state index in [1.54, 1.807) is 0 Å². The average molecular weight is 224 g/mol. The Kier molecular flexibility index (Phi) is 3.84. The number of nitrogen functional groups attached to an aromatic ring is 1. The number of nitrogens with two attached hydrogens (primary N) is 1. The Hall–Kier alpha value is -2.08. The van der Waals surface area contributed by atoms with Crippen molar-refractivity contribution in [1.29, 1.82) is 0 Å². The van der Waals surface area contributed by atoms with Crippen LogP contribution in [0.5, 0.6) is 5.75 Å². The zero-order valence-electron chi connectivity index (χ0n) is 8.94. The molecule has 1 amide bonds. The molecule has 3 N–H and O–H groups in total. The van der Waals surface area contributed by atoms with Crippen molar-refractivity contribution >= 4 is 11.9 Å². The fourth-order valence-electron chi connectivity index (χ4n) is 1.20. The Labute approximate surface area is 92.3 Å². The SMILES string of the molecule is COC(=O)c1ccc(C(=O)NN)c(OC)c1. The Bertz CT molecular complexity index is 417. The summed E-state index contributed by atoms with van der Waals surface area (Å²) in [7, 11) is 2.67. The van der Waals surface area contributed by atoms with Crippen LogP contribution in [0.4, 0.5) is 0 Å². The van der Waals surface area contributed by atoms with Crippen LogP contribution < -0.4 is 16.0 Å². The predicted molar refractivity (Wildman–Crippen MR) is 56.0 cm³/mol. The van der Waals surface area contributed by atoms with Crippen LogP contribution in [0.25, 0.3) is 0 Å². The van der Waals surface area contributed by atoms with E-state index in [-0.39, 0.29) is 11.3 Å². The lowest BCUT2D eigenvalue weighted by molar-refractivity contribution is 0.0600. The minimum absolute atomic E-state index is 0.248. The summed E-state index contributed by atoms with van der Waals surface area (Å²) >= 11 is 0. The van der Waals surface area contributed by atoms with E-state index < -0.39 is 11.9 Å². The molecule has 0 saturated heterocycles. The summed E-state index contributed by atoms with van der Waals surface area (Å²) in [6.07, 6.45) is 0. The fourth-order valence-corrected chi connectivity index (χ4v) is 1.20. The van der Waals surface area contributed by atoms with Gasteiger partial charge in [-0.2, -0.15) is 0 Å². The number of benzene rings is 1. The van der Waals surface area contributed by atoms with Gasteiger partial charge in [-0.1, -0.05) is 0 Å². The second-order valence-corrected chi connectivity index (χ2v) is 2.88. The molecule has 0 heterocycles. The van der Waals surface area contributed by atoms with Crippen LogP contribution in [0.1, 0.15) is 20.7 Å². The summed E-state index contributed by atoms with van der Waals surface area (Å²) in [6.45, 7) is 0. The van der Waals surface area contributed by atoms with Crippen LogP contribution in [0, 0.1) is 0 Å². The number of nitrogens with one attached hydrogen (secondary N) is 1. The van der Waals surface area contributed by atoms with Gasteiger partial charge in [-0.15, -0.1) is 0 Å². The zero-order valence-corrected chi connectivity index (χ0v) is 8.94. The van der Waals surface area contributed by atoms with E-state index in [1.165, 1.54) is 32.4 Å². The number of hydrogen-bond donors (Lipinski definition) is 2. The number of hydrogen-bond acceptors (Lipinski definition) is 5. The molecule has 0 bridgehead atoms. The van der Waals surface area contributed by atoms with Crippen LogP contribution in [-0.4, -0.2) is 26.1 Å². The van der Waals surface area contributed by atoms with Gasteiger partial charge in [0.15, 0.2) is 0 Å². The molecule has 0 fully saturated rings. The first-order valence-electron chi connectivity index (χ1n) is 4.41. The Morgan fingerprint density at radius 1 is 1.31 bits per heavy atom. The summed E-state index contributed by atoms with van der Waals surface area (Å²) in [5.41, 5.74) is 2.53. The Morgan fingerprint density at radius 3 is 2.50 bits per heavy atom. The summed E-state index contributed by atoms with van der Waals surface area (Å²) in [5.74, 6) is 4.27. The van der Waals surface area contributed by atoms with Crippen molar-refractivity contribution in [3.8, 4) is 5.75 Å². The number of hydrazine groups is 1. The van der Waals surface area contributed by atoms with Crippen LogP contribution in [0.2, 0.25) is 0 Å². The van der Waals surface area contributed by atoms with Crippen molar-refractivity contribution in [1.82, 2.24) is 5.43 Å². The normalized spacial score (nSPS) is 9.44. The van der Waals surface area contributed by atoms with Gasteiger partial charge < -0.3 is 9.47 Å². The topological polar surface area (TPSA) is 90.7 Å². The smallest absolute Gasteiger partial charge is 0.337 e. The summed E-state index contributed by atoms with van der Waals surface area (Å²) < 4.78 is 9.52. The molecule has 0 aliphatic carbocycles. The van der Waals surface area contributed by atoms with Gasteiger partial charge in [-0.05, 0) is 18.2 Å². The highest BCUT2D eigenvalue weighted by Crippen LogP contribution is 2.20. The van der Waals surface area contributed by atoms with Crippen molar-refractivity contribution < 1.29 is 19.1 Å². The molecule has 1 rings (SSSR count). The van der Waals surface area contributed by atoms with Crippen molar-refractivity contribution in [3.63, 3.8) is 0 Å². The van der Waals surface area contributed by atoms with E-state index in [2.05, 4.69) is 4.74 Å². The number of ether oxygens (including phenoxy) is 2. The minimum atomic E-state index is -0.502. The van der Waals surface area contributed by atoms with E-state index in [1.807, 2.05) is 5.43 Å². The minimum Gasteiger partial charge on any atom is -0.496 e. The molecule has 1 aromatic carbocycles. The molecule has 6 nitrogen and oxygen atoms in total. The predicted octanol–water partition coefficient (Wildman–Crippen LogP) is 0.0853. The molecule has 6 heteroatoms. The van der Waals surface area contributed by atoms with Crippen molar-refractivity contribution in [2.45, 2.75) is 0 Å². The molecule has 0 spiro atoms. The standard InChI is InChI=1S/C10H12N2O4/c1-15-8-5-6(10(14)16-2)3-4-7(8)9(13)12-11/h3-5H,11H2,1-2H3,(H,12,13). The van der Waals surface area contributed by atoms with E-state index in [0.29, 0.717) is 5.56 Å². The molecule has 0 aliphatic heterocycles. The lowest BCUT2D eigenvalue weighted by Gasteiger charge is -2.08. The van der Waals surface area contributed by atoms with Crippen LogP contribution in [0.3, 0.4) is 0 Å². The Balaban J connectivity index is 3.16. The number of carbonyl (C=O) groups excluding carboxylic acids is 2. The van der Waals surface area contributed by atoms with E-state index in [0.717, 1.165) is 0 Å². The van der Waals surface area contributed by atoms with Gasteiger partial charge in [0.25, 0.3) is 5.91 Å². The highest BCUT2D eigenvalue weighted by atomic mass is 16.5. The molecule has 0 aliphatic rings. The summed E-state index contributed by atoms with van der Waals surface area (Å²) in [4.78, 5) is 22.5. The lowest BCUT2D eigenvalue weighted by atomic mass is 10.1. The summed E-state index contributed by atoms with van der Waals surface area (Å²) in [5, 5.41) is 0. The quantitative estimate of drug-likeness (QED) is 0.328. The van der Waals surface area contributed by atoms with Crippen LogP contribution in [-0.2, 0) is 4.74 Å². The van der Waals surface area contributed by atoms with Gasteiger partial charge in [-0.3, -0.25) is 10.2 Å². The average Bonchev–Trinajstić information content (AvgIpc) is 2.35. The molecule has 0 aromatic heterocycles. The first-order valence-corrected chi connectivity index (χ1v) is 4.41. The van der Waals surface area contributed by atoms with E-state index in [9.17, 15) is 9.59 Å². The number of carbonyl (C=O) groups is 2. The van der Waals surface area contributed by atoms with Crippen LogP contribution in [0.15, 0.2) is 18.2 Å². The van der Waals surface area contributed by atoms with E-state index in [4.69, 9.17) is 10.6 Å². The maximum atomic E-state index is 11.3. The molecule has 0 unspecified atom stereocenters. The maximum Gasteiger partial charge on any atom is 0.337 e. The van der Waals surface area contributed by atoms with Gasteiger partial charge in [-0.25, -0.2) is 10.6 Å². The monoisotopic (exact) mass is 224 g/mol. The molecule has 1 aromatic rings. The van der Waals surface area contributed by atoms with E-state index >= 15 is 0 Å². The third-order valence-corrected chi connectivity index (χ3v) is 2.00. The first-order chi connectivity index (χ1) is 7.63.